The molecule has 1 N–H and O–H groups in total. The molecule has 1 fully saturated rings. The van der Waals surface area contributed by atoms with Crippen LogP contribution in [0.5, 0.6) is 0 Å². The van der Waals surface area contributed by atoms with Gasteiger partial charge in [-0.25, -0.2) is 18.7 Å². The van der Waals surface area contributed by atoms with Crippen LogP contribution in [0.3, 0.4) is 0 Å². The Kier molecular flexibility index (Phi) is 4.21. The number of carbonyl (C=O) groups excluding carboxylic acids is 1. The van der Waals surface area contributed by atoms with E-state index in [-0.39, 0.29) is 11.7 Å². The average molecular weight is 372 g/mol. The van der Waals surface area contributed by atoms with Crippen LogP contribution in [0.25, 0.3) is 10.9 Å². The molecular weight excluding hydrogens is 354 g/mol. The van der Waals surface area contributed by atoms with E-state index in [1.165, 1.54) is 0 Å². The van der Waals surface area contributed by atoms with Gasteiger partial charge in [0.2, 0.25) is 0 Å². The fraction of sp³-hybridized carbons (Fsp3) is 0.333. The van der Waals surface area contributed by atoms with Crippen molar-refractivity contribution in [3.63, 3.8) is 0 Å². The van der Waals surface area contributed by atoms with Crippen LogP contribution < -0.4 is 10.2 Å². The van der Waals surface area contributed by atoms with Crippen molar-refractivity contribution in [2.24, 2.45) is 7.05 Å². The summed E-state index contributed by atoms with van der Waals surface area (Å²) in [7, 11) is 1.78. The molecule has 1 aromatic carbocycles. The van der Waals surface area contributed by atoms with Crippen LogP contribution in [0.15, 0.2) is 30.3 Å². The molecule has 0 bridgehead atoms. The number of rotatable bonds is 4. The molecule has 9 heteroatoms. The van der Waals surface area contributed by atoms with E-state index in [4.69, 9.17) is 0 Å². The molecule has 3 aromatic rings. The fourth-order valence-corrected chi connectivity index (χ4v) is 3.36. The van der Waals surface area contributed by atoms with Crippen molar-refractivity contribution in [1.82, 2.24) is 19.7 Å². The quantitative estimate of drug-likeness (QED) is 0.762. The number of para-hydroxylation sites is 1. The second kappa shape index (κ2) is 6.57. The molecule has 1 amide bonds. The first kappa shape index (κ1) is 17.3. The van der Waals surface area contributed by atoms with Gasteiger partial charge < -0.3 is 5.32 Å². The second-order valence-corrected chi connectivity index (χ2v) is 6.49. The minimum absolute atomic E-state index is 0.140. The summed E-state index contributed by atoms with van der Waals surface area (Å²) in [6.07, 6.45) is -2.26. The number of fused-ring (bicyclic) bond motifs is 1. The van der Waals surface area contributed by atoms with Gasteiger partial charge in [0.15, 0.2) is 5.82 Å². The number of hydrogen-bond acceptors (Lipinski definition) is 5. The van der Waals surface area contributed by atoms with Gasteiger partial charge in [-0.2, -0.15) is 5.10 Å². The zero-order valence-corrected chi connectivity index (χ0v) is 14.9. The van der Waals surface area contributed by atoms with Crippen molar-refractivity contribution in [2.75, 3.05) is 16.8 Å². The Hall–Kier alpha value is -3.10. The lowest BCUT2D eigenvalue weighted by Gasteiger charge is -2.18. The SMILES string of the molecule is Cc1cc(N2CCC(Nc3nc(C(F)F)nc4ccccc34)C2=O)n(C)n1. The zero-order chi connectivity index (χ0) is 19.1. The maximum absolute atomic E-state index is 13.2. The smallest absolute Gasteiger partial charge is 0.297 e. The van der Waals surface area contributed by atoms with E-state index in [9.17, 15) is 13.6 Å². The van der Waals surface area contributed by atoms with Gasteiger partial charge >= 0.3 is 0 Å². The molecule has 2 aromatic heterocycles. The summed E-state index contributed by atoms with van der Waals surface area (Å²) in [5.74, 6) is 0.264. The van der Waals surface area contributed by atoms with Crippen molar-refractivity contribution in [2.45, 2.75) is 25.8 Å². The van der Waals surface area contributed by atoms with E-state index in [1.54, 1.807) is 40.9 Å². The Labute approximate surface area is 154 Å². The molecular formula is C18H18F2N6O. The maximum atomic E-state index is 13.2. The number of hydrogen-bond donors (Lipinski definition) is 1. The third-order valence-corrected chi connectivity index (χ3v) is 4.59. The molecule has 0 spiro atoms. The molecule has 0 radical (unpaired) electrons. The first-order chi connectivity index (χ1) is 12.9. The highest BCUT2D eigenvalue weighted by atomic mass is 19.3. The summed E-state index contributed by atoms with van der Waals surface area (Å²) < 4.78 is 28.0. The Morgan fingerprint density at radius 2 is 2.04 bits per heavy atom. The van der Waals surface area contributed by atoms with E-state index in [0.717, 1.165) is 5.69 Å². The molecule has 1 saturated heterocycles. The number of amides is 1. The van der Waals surface area contributed by atoms with Crippen LogP contribution >= 0.6 is 0 Å². The van der Waals surface area contributed by atoms with Crippen LogP contribution in [0.1, 0.15) is 24.4 Å². The van der Waals surface area contributed by atoms with Crippen LogP contribution in [0.2, 0.25) is 0 Å². The van der Waals surface area contributed by atoms with Gasteiger partial charge in [0.05, 0.1) is 11.2 Å². The second-order valence-electron chi connectivity index (χ2n) is 6.49. The van der Waals surface area contributed by atoms with Gasteiger partial charge in [0, 0.05) is 25.0 Å². The lowest BCUT2D eigenvalue weighted by molar-refractivity contribution is -0.117. The number of aromatic nitrogens is 4. The first-order valence-corrected chi connectivity index (χ1v) is 8.57. The van der Waals surface area contributed by atoms with Crippen LogP contribution in [0.4, 0.5) is 20.4 Å². The van der Waals surface area contributed by atoms with Gasteiger partial charge in [0.1, 0.15) is 17.7 Å². The number of anilines is 2. The monoisotopic (exact) mass is 372 g/mol. The first-order valence-electron chi connectivity index (χ1n) is 8.57. The lowest BCUT2D eigenvalue weighted by Crippen LogP contribution is -2.34. The van der Waals surface area contributed by atoms with Crippen LogP contribution in [0, 0.1) is 6.92 Å². The maximum Gasteiger partial charge on any atom is 0.297 e. The molecule has 140 valence electrons. The standard InChI is InChI=1S/C18H18F2N6O/c1-10-9-14(25(2)24-10)26-8-7-13(18(26)27)22-16-11-5-3-4-6-12(11)21-17(23-16)15(19)20/h3-6,9,13,15H,7-8H2,1-2H3,(H,21,22,23). The summed E-state index contributed by atoms with van der Waals surface area (Å²) in [5.41, 5.74) is 1.23. The van der Waals surface area contributed by atoms with Gasteiger partial charge in [-0.05, 0) is 25.5 Å². The normalized spacial score (nSPS) is 17.3. The topological polar surface area (TPSA) is 75.9 Å². The van der Waals surface area contributed by atoms with Gasteiger partial charge in [0.25, 0.3) is 12.3 Å². The number of aryl methyl sites for hydroxylation is 2. The van der Waals surface area contributed by atoms with Crippen molar-refractivity contribution >= 4 is 28.4 Å². The third kappa shape index (κ3) is 3.09. The highest BCUT2D eigenvalue weighted by Crippen LogP contribution is 2.28. The molecule has 1 unspecified atom stereocenters. The van der Waals surface area contributed by atoms with E-state index in [1.807, 2.05) is 13.0 Å². The number of nitrogens with zero attached hydrogens (tertiary/aromatic N) is 5. The molecule has 27 heavy (non-hydrogen) atoms. The highest BCUT2D eigenvalue weighted by Gasteiger charge is 2.34. The van der Waals surface area contributed by atoms with E-state index < -0.39 is 18.3 Å². The van der Waals surface area contributed by atoms with Gasteiger partial charge in [-0.1, -0.05) is 12.1 Å². The molecule has 3 heterocycles. The van der Waals surface area contributed by atoms with E-state index in [0.29, 0.717) is 29.7 Å². The molecule has 4 rings (SSSR count). The van der Waals surface area contributed by atoms with E-state index in [2.05, 4.69) is 20.4 Å². The highest BCUT2D eigenvalue weighted by molar-refractivity contribution is 6.01. The molecule has 1 aliphatic rings. The summed E-state index contributed by atoms with van der Waals surface area (Å²) in [6, 6.07) is 8.19. The minimum atomic E-state index is -2.79. The van der Waals surface area contributed by atoms with Crippen molar-refractivity contribution < 1.29 is 13.6 Å². The van der Waals surface area contributed by atoms with Crippen LogP contribution in [-0.2, 0) is 11.8 Å². The fourth-order valence-electron chi connectivity index (χ4n) is 3.36. The number of carbonyl (C=O) groups is 1. The number of alkyl halides is 2. The molecule has 0 saturated carbocycles. The summed E-state index contributed by atoms with van der Waals surface area (Å²) in [5, 5.41) is 7.92. The lowest BCUT2D eigenvalue weighted by atomic mass is 10.2. The molecule has 1 atom stereocenters. The Bertz CT molecular complexity index is 1020. The Morgan fingerprint density at radius 1 is 1.26 bits per heavy atom. The number of nitrogens with one attached hydrogen (secondary N) is 1. The summed E-state index contributed by atoms with van der Waals surface area (Å²) in [6.45, 7) is 2.37. The Balaban J connectivity index is 1.65. The third-order valence-electron chi connectivity index (χ3n) is 4.59. The number of halogens is 2. The van der Waals surface area contributed by atoms with Crippen LogP contribution in [-0.4, -0.2) is 38.2 Å². The van der Waals surface area contributed by atoms with Crippen molar-refractivity contribution in [3.8, 4) is 0 Å². The molecule has 7 nitrogen and oxygen atoms in total. The predicted octanol–water partition coefficient (Wildman–Crippen LogP) is 2.83. The van der Waals surface area contributed by atoms with Crippen molar-refractivity contribution in [1.29, 1.82) is 0 Å². The Morgan fingerprint density at radius 3 is 2.74 bits per heavy atom. The van der Waals surface area contributed by atoms with Gasteiger partial charge in [-0.15, -0.1) is 0 Å². The summed E-state index contributed by atoms with van der Waals surface area (Å²) in [4.78, 5) is 22.4. The zero-order valence-electron chi connectivity index (χ0n) is 14.9. The molecule has 0 aliphatic carbocycles. The predicted molar refractivity (Wildman–Crippen MR) is 96.8 cm³/mol. The largest absolute Gasteiger partial charge is 0.358 e. The van der Waals surface area contributed by atoms with Gasteiger partial charge in [-0.3, -0.25) is 14.4 Å². The van der Waals surface area contributed by atoms with E-state index >= 15 is 0 Å². The minimum Gasteiger partial charge on any atom is -0.358 e. The molecule has 1 aliphatic heterocycles. The van der Waals surface area contributed by atoms with Crippen molar-refractivity contribution in [3.05, 3.63) is 41.9 Å². The average Bonchev–Trinajstić information content (AvgIpc) is 3.16. The number of benzene rings is 1. The summed E-state index contributed by atoms with van der Waals surface area (Å²) >= 11 is 0.